The van der Waals surface area contributed by atoms with E-state index in [-0.39, 0.29) is 11.6 Å². The predicted octanol–water partition coefficient (Wildman–Crippen LogP) is 2.51. The van der Waals surface area contributed by atoms with Crippen molar-refractivity contribution in [3.8, 4) is 0 Å². The highest BCUT2D eigenvalue weighted by molar-refractivity contribution is 6.09. The molecule has 2 aromatic rings. The number of nitrogen functional groups attached to an aromatic ring is 1. The van der Waals surface area contributed by atoms with Crippen molar-refractivity contribution in [2.45, 2.75) is 6.92 Å². The quantitative estimate of drug-likeness (QED) is 0.490. The van der Waals surface area contributed by atoms with Gasteiger partial charge in [0.2, 0.25) is 0 Å². The summed E-state index contributed by atoms with van der Waals surface area (Å²) in [7, 11) is 0. The molecule has 0 bridgehead atoms. The Morgan fingerprint density at radius 3 is 1.72 bits per heavy atom. The Kier molecular flexibility index (Phi) is 3.24. The second-order valence-electron chi connectivity index (χ2n) is 4.19. The molecule has 3 N–H and O–H groups in total. The van der Waals surface area contributed by atoms with E-state index in [9.17, 15) is 4.79 Å². The molecule has 2 aromatic carbocycles. The summed E-state index contributed by atoms with van der Waals surface area (Å²) in [6.07, 6.45) is 0. The molecule has 0 heterocycles. The first-order chi connectivity index (χ1) is 8.58. The first-order valence-electron chi connectivity index (χ1n) is 5.64. The fourth-order valence-electron chi connectivity index (χ4n) is 1.67. The van der Waals surface area contributed by atoms with E-state index in [1.165, 1.54) is 0 Å². The highest BCUT2D eigenvalue weighted by Gasteiger charge is 2.08. The van der Waals surface area contributed by atoms with Gasteiger partial charge in [-0.15, -0.1) is 0 Å². The number of hydrogen-bond donors (Lipinski definition) is 2. The molecule has 0 aliphatic rings. The van der Waals surface area contributed by atoms with E-state index in [0.29, 0.717) is 16.7 Å². The van der Waals surface area contributed by atoms with E-state index in [0.717, 1.165) is 5.56 Å². The van der Waals surface area contributed by atoms with Gasteiger partial charge in [0, 0.05) is 16.7 Å². The lowest BCUT2D eigenvalue weighted by Crippen LogP contribution is -2.11. The zero-order chi connectivity index (χ0) is 13.1. The second-order valence-corrected chi connectivity index (χ2v) is 4.19. The van der Waals surface area contributed by atoms with Gasteiger partial charge in [0.05, 0.1) is 0 Å². The average molecular weight is 238 g/mol. The van der Waals surface area contributed by atoms with Gasteiger partial charge in [-0.3, -0.25) is 10.2 Å². The molecule has 0 spiro atoms. The minimum absolute atomic E-state index is 0.00401. The van der Waals surface area contributed by atoms with Crippen LogP contribution in [0.3, 0.4) is 0 Å². The molecule has 90 valence electrons. The minimum atomic E-state index is -0.0231. The molecule has 0 atom stereocenters. The molecule has 0 saturated carbocycles. The van der Waals surface area contributed by atoms with Crippen molar-refractivity contribution in [1.82, 2.24) is 0 Å². The normalized spacial score (nSPS) is 10.1. The number of nitrogens with one attached hydrogen (secondary N) is 1. The monoisotopic (exact) mass is 238 g/mol. The van der Waals surface area contributed by atoms with Crippen molar-refractivity contribution in [1.29, 1.82) is 5.41 Å². The number of carbonyl (C=O) groups is 1. The third kappa shape index (κ3) is 2.46. The number of rotatable bonds is 3. The largest absolute Gasteiger partial charge is 0.384 e. The van der Waals surface area contributed by atoms with Crippen LogP contribution in [0.15, 0.2) is 48.5 Å². The lowest BCUT2D eigenvalue weighted by Gasteiger charge is -2.03. The van der Waals surface area contributed by atoms with Gasteiger partial charge < -0.3 is 5.73 Å². The van der Waals surface area contributed by atoms with Gasteiger partial charge in [-0.2, -0.15) is 0 Å². The Morgan fingerprint density at radius 1 is 0.889 bits per heavy atom. The molecule has 18 heavy (non-hydrogen) atoms. The molecule has 0 fully saturated rings. The Bertz CT molecular complexity index is 583. The Hall–Kier alpha value is -2.42. The van der Waals surface area contributed by atoms with Gasteiger partial charge in [-0.05, 0) is 6.92 Å². The smallest absolute Gasteiger partial charge is 0.193 e. The maximum absolute atomic E-state index is 12.2. The maximum atomic E-state index is 12.2. The molecular weight excluding hydrogens is 224 g/mol. The Labute approximate surface area is 106 Å². The van der Waals surface area contributed by atoms with Crippen molar-refractivity contribution in [3.63, 3.8) is 0 Å². The van der Waals surface area contributed by atoms with E-state index in [2.05, 4.69) is 0 Å². The number of carbonyl (C=O) groups excluding carboxylic acids is 1. The van der Waals surface area contributed by atoms with Crippen LogP contribution in [-0.4, -0.2) is 11.6 Å². The van der Waals surface area contributed by atoms with Crippen molar-refractivity contribution in [2.75, 3.05) is 0 Å². The van der Waals surface area contributed by atoms with Crippen LogP contribution in [0, 0.1) is 12.3 Å². The third-order valence-corrected chi connectivity index (χ3v) is 2.77. The number of aryl methyl sites for hydroxylation is 1. The first-order valence-corrected chi connectivity index (χ1v) is 5.64. The van der Waals surface area contributed by atoms with Gasteiger partial charge >= 0.3 is 0 Å². The van der Waals surface area contributed by atoms with Gasteiger partial charge in [-0.1, -0.05) is 54.1 Å². The maximum Gasteiger partial charge on any atom is 0.193 e. The van der Waals surface area contributed by atoms with Crippen molar-refractivity contribution < 1.29 is 4.79 Å². The van der Waals surface area contributed by atoms with Crippen LogP contribution in [-0.2, 0) is 0 Å². The van der Waals surface area contributed by atoms with Crippen LogP contribution in [0.5, 0.6) is 0 Å². The van der Waals surface area contributed by atoms with E-state index in [1.807, 2.05) is 31.2 Å². The number of nitrogens with two attached hydrogens (primary N) is 1. The summed E-state index contributed by atoms with van der Waals surface area (Å²) in [4.78, 5) is 12.2. The number of amidine groups is 1. The standard InChI is InChI=1S/C15H14N2O/c1-10-2-4-11(5-3-10)14(18)12-6-8-13(9-7-12)15(16)17/h2-9H,1H3,(H3,16,17). The molecule has 2 rings (SSSR count). The number of ketones is 1. The lowest BCUT2D eigenvalue weighted by molar-refractivity contribution is 0.103. The molecule has 0 amide bonds. The molecule has 3 nitrogen and oxygen atoms in total. The molecule has 0 aliphatic heterocycles. The van der Waals surface area contributed by atoms with Crippen LogP contribution in [0.2, 0.25) is 0 Å². The van der Waals surface area contributed by atoms with Gasteiger partial charge in [-0.25, -0.2) is 0 Å². The molecule has 0 saturated heterocycles. The van der Waals surface area contributed by atoms with Crippen molar-refractivity contribution in [2.24, 2.45) is 5.73 Å². The van der Waals surface area contributed by atoms with Gasteiger partial charge in [0.25, 0.3) is 0 Å². The summed E-state index contributed by atoms with van der Waals surface area (Å²) >= 11 is 0. The van der Waals surface area contributed by atoms with E-state index in [1.54, 1.807) is 24.3 Å². The lowest BCUT2D eigenvalue weighted by atomic mass is 10.0. The Morgan fingerprint density at radius 2 is 1.28 bits per heavy atom. The van der Waals surface area contributed by atoms with Crippen LogP contribution >= 0.6 is 0 Å². The topological polar surface area (TPSA) is 66.9 Å². The number of hydrogen-bond acceptors (Lipinski definition) is 2. The van der Waals surface area contributed by atoms with E-state index < -0.39 is 0 Å². The number of benzene rings is 2. The zero-order valence-corrected chi connectivity index (χ0v) is 10.1. The van der Waals surface area contributed by atoms with Crippen LogP contribution in [0.25, 0.3) is 0 Å². The molecule has 0 aromatic heterocycles. The predicted molar refractivity (Wildman–Crippen MR) is 72.1 cm³/mol. The zero-order valence-electron chi connectivity index (χ0n) is 10.1. The second kappa shape index (κ2) is 4.84. The highest BCUT2D eigenvalue weighted by Crippen LogP contribution is 2.12. The molecular formula is C15H14N2O. The van der Waals surface area contributed by atoms with Crippen LogP contribution in [0.1, 0.15) is 27.0 Å². The highest BCUT2D eigenvalue weighted by atomic mass is 16.1. The molecule has 0 radical (unpaired) electrons. The summed E-state index contributed by atoms with van der Waals surface area (Å²) in [5, 5.41) is 7.29. The van der Waals surface area contributed by atoms with Crippen LogP contribution in [0.4, 0.5) is 0 Å². The van der Waals surface area contributed by atoms with Gasteiger partial charge in [0.1, 0.15) is 5.84 Å². The summed E-state index contributed by atoms with van der Waals surface area (Å²) in [6, 6.07) is 14.2. The summed E-state index contributed by atoms with van der Waals surface area (Å²) in [5.41, 5.74) is 8.37. The fraction of sp³-hybridized carbons (Fsp3) is 0.0667. The van der Waals surface area contributed by atoms with Crippen molar-refractivity contribution >= 4 is 11.6 Å². The summed E-state index contributed by atoms with van der Waals surface area (Å²) < 4.78 is 0. The SMILES string of the molecule is Cc1ccc(C(=O)c2ccc(C(=N)N)cc2)cc1. The summed E-state index contributed by atoms with van der Waals surface area (Å²) in [6.45, 7) is 1.98. The molecule has 0 aliphatic carbocycles. The van der Waals surface area contributed by atoms with Crippen molar-refractivity contribution in [3.05, 3.63) is 70.8 Å². The Balaban J connectivity index is 2.28. The average Bonchev–Trinajstić information content (AvgIpc) is 2.39. The van der Waals surface area contributed by atoms with E-state index in [4.69, 9.17) is 11.1 Å². The minimum Gasteiger partial charge on any atom is -0.384 e. The fourth-order valence-corrected chi connectivity index (χ4v) is 1.67. The summed E-state index contributed by atoms with van der Waals surface area (Å²) in [5.74, 6) is -0.0190. The van der Waals surface area contributed by atoms with Crippen LogP contribution < -0.4 is 5.73 Å². The third-order valence-electron chi connectivity index (χ3n) is 2.77. The molecule has 0 unspecified atom stereocenters. The molecule has 3 heteroatoms. The van der Waals surface area contributed by atoms with E-state index >= 15 is 0 Å². The first kappa shape index (κ1) is 12.0. The van der Waals surface area contributed by atoms with Gasteiger partial charge in [0.15, 0.2) is 5.78 Å².